The maximum atomic E-state index is 2.23. The van der Waals surface area contributed by atoms with Crippen LogP contribution in [0.1, 0.15) is 33.4 Å². The van der Waals surface area contributed by atoms with E-state index in [1.807, 2.05) is 11.8 Å². The molecule has 0 radical (unpaired) electrons. The smallest absolute Gasteiger partial charge is 0.0183 e. The lowest BCUT2D eigenvalue weighted by molar-refractivity contribution is 1.14. The van der Waals surface area contributed by atoms with E-state index in [4.69, 9.17) is 0 Å². The van der Waals surface area contributed by atoms with Gasteiger partial charge >= 0.3 is 0 Å². The van der Waals surface area contributed by atoms with Crippen LogP contribution in [-0.2, 0) is 0 Å². The SMILES string of the molecule is Cc1ccc(C)c(Sc2c(C)ccc(C)c2C)c1C. The Bertz CT molecular complexity index is 569. The van der Waals surface area contributed by atoms with Crippen molar-refractivity contribution in [3.63, 3.8) is 0 Å². The number of aryl methyl sites for hydroxylation is 4. The minimum Gasteiger partial charge on any atom is -0.0890 e. The maximum absolute atomic E-state index is 2.23. The summed E-state index contributed by atoms with van der Waals surface area (Å²) in [4.78, 5) is 2.83. The Morgan fingerprint density at radius 1 is 0.526 bits per heavy atom. The molecule has 0 atom stereocenters. The molecule has 0 saturated carbocycles. The third-order valence-electron chi connectivity index (χ3n) is 3.95. The van der Waals surface area contributed by atoms with Crippen molar-refractivity contribution >= 4 is 11.8 Å². The molecule has 0 aromatic heterocycles. The van der Waals surface area contributed by atoms with Gasteiger partial charge in [-0.25, -0.2) is 0 Å². The first-order valence-electron chi connectivity index (χ1n) is 6.73. The van der Waals surface area contributed by atoms with E-state index in [-0.39, 0.29) is 0 Å². The zero-order chi connectivity index (χ0) is 14.2. The van der Waals surface area contributed by atoms with E-state index < -0.39 is 0 Å². The van der Waals surface area contributed by atoms with Gasteiger partial charge in [0.15, 0.2) is 0 Å². The average molecular weight is 270 g/mol. The lowest BCUT2D eigenvalue weighted by Crippen LogP contribution is -1.93. The third-order valence-corrected chi connectivity index (χ3v) is 5.62. The van der Waals surface area contributed by atoms with Crippen molar-refractivity contribution in [2.24, 2.45) is 0 Å². The molecule has 19 heavy (non-hydrogen) atoms. The van der Waals surface area contributed by atoms with Crippen molar-refractivity contribution in [2.45, 2.75) is 51.3 Å². The van der Waals surface area contributed by atoms with Crippen molar-refractivity contribution in [2.75, 3.05) is 0 Å². The first-order valence-corrected chi connectivity index (χ1v) is 7.55. The van der Waals surface area contributed by atoms with Crippen LogP contribution >= 0.6 is 11.8 Å². The van der Waals surface area contributed by atoms with Crippen LogP contribution in [0.15, 0.2) is 34.1 Å². The van der Waals surface area contributed by atoms with E-state index in [0.717, 1.165) is 0 Å². The lowest BCUT2D eigenvalue weighted by atomic mass is 10.1. The van der Waals surface area contributed by atoms with Gasteiger partial charge in [0.05, 0.1) is 0 Å². The highest BCUT2D eigenvalue weighted by Gasteiger charge is 2.11. The molecule has 0 saturated heterocycles. The van der Waals surface area contributed by atoms with Gasteiger partial charge in [-0.3, -0.25) is 0 Å². The first kappa shape index (κ1) is 14.2. The summed E-state index contributed by atoms with van der Waals surface area (Å²) in [7, 11) is 0. The van der Waals surface area contributed by atoms with E-state index in [9.17, 15) is 0 Å². The third kappa shape index (κ3) is 2.71. The van der Waals surface area contributed by atoms with Crippen molar-refractivity contribution in [3.8, 4) is 0 Å². The zero-order valence-electron chi connectivity index (χ0n) is 12.7. The molecule has 0 bridgehead atoms. The highest BCUT2D eigenvalue weighted by molar-refractivity contribution is 7.99. The molecular weight excluding hydrogens is 248 g/mol. The topological polar surface area (TPSA) is 0 Å². The molecule has 0 aliphatic heterocycles. The molecular formula is C18H22S. The fourth-order valence-electron chi connectivity index (χ4n) is 2.27. The van der Waals surface area contributed by atoms with Crippen LogP contribution < -0.4 is 0 Å². The van der Waals surface area contributed by atoms with Gasteiger partial charge in [0, 0.05) is 9.79 Å². The van der Waals surface area contributed by atoms with Crippen LogP contribution in [0.2, 0.25) is 0 Å². The highest BCUT2D eigenvalue weighted by Crippen LogP contribution is 2.38. The van der Waals surface area contributed by atoms with Gasteiger partial charge in [-0.1, -0.05) is 36.0 Å². The van der Waals surface area contributed by atoms with Crippen LogP contribution in [0.25, 0.3) is 0 Å². The molecule has 100 valence electrons. The number of hydrogen-bond acceptors (Lipinski definition) is 1. The first-order chi connectivity index (χ1) is 8.91. The molecule has 0 unspecified atom stereocenters. The van der Waals surface area contributed by atoms with Gasteiger partial charge in [0.2, 0.25) is 0 Å². The van der Waals surface area contributed by atoms with E-state index in [2.05, 4.69) is 65.8 Å². The molecule has 0 heterocycles. The molecule has 1 heteroatoms. The maximum Gasteiger partial charge on any atom is 0.0183 e. The molecule has 2 aromatic rings. The Morgan fingerprint density at radius 2 is 0.842 bits per heavy atom. The Labute approximate surface area is 121 Å². The van der Waals surface area contributed by atoms with Crippen molar-refractivity contribution < 1.29 is 0 Å². The molecule has 0 aliphatic carbocycles. The van der Waals surface area contributed by atoms with Gasteiger partial charge in [-0.15, -0.1) is 0 Å². The number of benzene rings is 2. The second kappa shape index (κ2) is 5.42. The van der Waals surface area contributed by atoms with Crippen molar-refractivity contribution in [1.82, 2.24) is 0 Å². The summed E-state index contributed by atoms with van der Waals surface area (Å²) in [6.45, 7) is 13.2. The molecule has 0 fully saturated rings. The second-order valence-corrected chi connectivity index (χ2v) is 6.43. The van der Waals surface area contributed by atoms with E-state index >= 15 is 0 Å². The average Bonchev–Trinajstić information content (AvgIpc) is 2.38. The zero-order valence-corrected chi connectivity index (χ0v) is 13.5. The predicted octanol–water partition coefficient (Wildman–Crippen LogP) is 5.69. The summed E-state index contributed by atoms with van der Waals surface area (Å²) in [6.07, 6.45) is 0. The second-order valence-electron chi connectivity index (χ2n) is 5.41. The minimum absolute atomic E-state index is 1.37. The summed E-state index contributed by atoms with van der Waals surface area (Å²) >= 11 is 1.92. The fraction of sp³-hybridized carbons (Fsp3) is 0.333. The molecule has 2 rings (SSSR count). The van der Waals surface area contributed by atoms with Gasteiger partial charge in [-0.05, 0) is 74.9 Å². The summed E-state index contributed by atoms with van der Waals surface area (Å²) in [6, 6.07) is 8.88. The molecule has 0 N–H and O–H groups in total. The van der Waals surface area contributed by atoms with Crippen LogP contribution in [0, 0.1) is 41.5 Å². The minimum atomic E-state index is 1.37. The Morgan fingerprint density at radius 3 is 1.21 bits per heavy atom. The molecule has 0 nitrogen and oxygen atoms in total. The summed E-state index contributed by atoms with van der Waals surface area (Å²) < 4.78 is 0. The van der Waals surface area contributed by atoms with E-state index in [1.165, 1.54) is 43.2 Å². The molecule has 0 spiro atoms. The van der Waals surface area contributed by atoms with Gasteiger partial charge in [-0.2, -0.15) is 0 Å². The highest BCUT2D eigenvalue weighted by atomic mass is 32.2. The fourth-order valence-corrected chi connectivity index (χ4v) is 3.56. The van der Waals surface area contributed by atoms with Crippen molar-refractivity contribution in [1.29, 1.82) is 0 Å². The standard InChI is InChI=1S/C18H22S/c1-11-7-9-13(3)17(15(11)5)19-18-14(4)10-8-12(2)16(18)6/h7-10H,1-6H3. The van der Waals surface area contributed by atoms with Gasteiger partial charge in [0.1, 0.15) is 0 Å². The Balaban J connectivity index is 2.54. The number of rotatable bonds is 2. The monoisotopic (exact) mass is 270 g/mol. The molecule has 0 amide bonds. The van der Waals surface area contributed by atoms with Crippen molar-refractivity contribution in [3.05, 3.63) is 57.6 Å². The largest absolute Gasteiger partial charge is 0.0890 e. The lowest BCUT2D eigenvalue weighted by Gasteiger charge is -2.16. The predicted molar refractivity (Wildman–Crippen MR) is 85.4 cm³/mol. The van der Waals surface area contributed by atoms with Crippen LogP contribution in [0.5, 0.6) is 0 Å². The van der Waals surface area contributed by atoms with E-state index in [0.29, 0.717) is 0 Å². The summed E-state index contributed by atoms with van der Waals surface area (Å²) in [5, 5.41) is 0. The van der Waals surface area contributed by atoms with E-state index in [1.54, 1.807) is 0 Å². The normalized spacial score (nSPS) is 10.8. The number of hydrogen-bond donors (Lipinski definition) is 0. The van der Waals surface area contributed by atoms with Gasteiger partial charge in [0.25, 0.3) is 0 Å². The summed E-state index contributed by atoms with van der Waals surface area (Å²) in [5.41, 5.74) is 8.30. The van der Waals surface area contributed by atoms with Crippen LogP contribution in [0.4, 0.5) is 0 Å². The van der Waals surface area contributed by atoms with Crippen LogP contribution in [-0.4, -0.2) is 0 Å². The van der Waals surface area contributed by atoms with Crippen LogP contribution in [0.3, 0.4) is 0 Å². The molecule has 2 aromatic carbocycles. The summed E-state index contributed by atoms with van der Waals surface area (Å²) in [5.74, 6) is 0. The Hall–Kier alpha value is -1.21. The quantitative estimate of drug-likeness (QED) is 0.675. The molecule has 0 aliphatic rings. The Kier molecular flexibility index (Phi) is 4.05. The van der Waals surface area contributed by atoms with Gasteiger partial charge < -0.3 is 0 Å².